The first kappa shape index (κ1) is 26.2. The van der Waals surface area contributed by atoms with Crippen LogP contribution in [0, 0.1) is 0 Å². The summed E-state index contributed by atoms with van der Waals surface area (Å²) in [6.07, 6.45) is 21.1. The summed E-state index contributed by atoms with van der Waals surface area (Å²) in [7, 11) is 0. The Morgan fingerprint density at radius 3 is 1.65 bits per heavy atom. The molecule has 0 bridgehead atoms. The number of hydrogen-bond donors (Lipinski definition) is 2. The standard InChI is InChI=1S/C22H47NO2S/c1-2-3-4-5-6-7-8-9-10-11-12-13-14-15-16-19-26-21-22(20-24)25-18-17-23/h22,24H,2-21,23H2,1H3. The zero-order valence-electron chi connectivity index (χ0n) is 17.6. The van der Waals surface area contributed by atoms with Crippen molar-refractivity contribution in [1.29, 1.82) is 0 Å². The minimum absolute atomic E-state index is 0.0418. The molecule has 3 nitrogen and oxygen atoms in total. The molecule has 0 saturated heterocycles. The van der Waals surface area contributed by atoms with E-state index in [0.717, 1.165) is 5.75 Å². The van der Waals surface area contributed by atoms with Crippen molar-refractivity contribution in [3.63, 3.8) is 0 Å². The predicted molar refractivity (Wildman–Crippen MR) is 118 cm³/mol. The minimum Gasteiger partial charge on any atom is -0.394 e. The molecule has 158 valence electrons. The zero-order valence-corrected chi connectivity index (χ0v) is 18.4. The number of nitrogens with two attached hydrogens (primary N) is 1. The summed E-state index contributed by atoms with van der Waals surface area (Å²) in [4.78, 5) is 0. The summed E-state index contributed by atoms with van der Waals surface area (Å²) in [6, 6.07) is 0. The van der Waals surface area contributed by atoms with Crippen molar-refractivity contribution < 1.29 is 9.84 Å². The molecule has 0 radical (unpaired) electrons. The van der Waals surface area contributed by atoms with E-state index in [-0.39, 0.29) is 12.7 Å². The van der Waals surface area contributed by atoms with Crippen molar-refractivity contribution in [1.82, 2.24) is 0 Å². The quantitative estimate of drug-likeness (QED) is 0.225. The molecule has 0 aromatic heterocycles. The molecule has 1 atom stereocenters. The van der Waals surface area contributed by atoms with Gasteiger partial charge in [-0.15, -0.1) is 0 Å². The molecule has 0 aromatic rings. The van der Waals surface area contributed by atoms with Gasteiger partial charge in [0.25, 0.3) is 0 Å². The molecule has 0 aliphatic rings. The molecule has 4 heteroatoms. The maximum atomic E-state index is 9.21. The van der Waals surface area contributed by atoms with E-state index in [4.69, 9.17) is 10.5 Å². The van der Waals surface area contributed by atoms with Crippen LogP contribution < -0.4 is 5.73 Å². The van der Waals surface area contributed by atoms with Gasteiger partial charge in [-0.2, -0.15) is 11.8 Å². The van der Waals surface area contributed by atoms with Crippen LogP contribution in [0.25, 0.3) is 0 Å². The zero-order chi connectivity index (χ0) is 19.1. The van der Waals surface area contributed by atoms with Gasteiger partial charge < -0.3 is 15.6 Å². The van der Waals surface area contributed by atoms with E-state index in [0.29, 0.717) is 13.2 Å². The van der Waals surface area contributed by atoms with E-state index in [2.05, 4.69) is 6.92 Å². The van der Waals surface area contributed by atoms with Gasteiger partial charge in [-0.25, -0.2) is 0 Å². The van der Waals surface area contributed by atoms with Gasteiger partial charge in [0.05, 0.1) is 19.3 Å². The molecule has 0 rings (SSSR count). The molecule has 0 spiro atoms. The van der Waals surface area contributed by atoms with Gasteiger partial charge in [-0.05, 0) is 12.2 Å². The van der Waals surface area contributed by atoms with E-state index < -0.39 is 0 Å². The number of rotatable bonds is 22. The summed E-state index contributed by atoms with van der Waals surface area (Å²) < 4.78 is 5.47. The first-order chi connectivity index (χ1) is 12.8. The van der Waals surface area contributed by atoms with Crippen LogP contribution in [0.5, 0.6) is 0 Å². The Balaban J connectivity index is 3.11. The fourth-order valence-corrected chi connectivity index (χ4v) is 4.22. The van der Waals surface area contributed by atoms with Gasteiger partial charge in [-0.3, -0.25) is 0 Å². The second-order valence-corrected chi connectivity index (χ2v) is 8.64. The lowest BCUT2D eigenvalue weighted by molar-refractivity contribution is 0.0324. The monoisotopic (exact) mass is 389 g/mol. The molecule has 3 N–H and O–H groups in total. The smallest absolute Gasteiger partial charge is 0.0896 e. The van der Waals surface area contributed by atoms with E-state index in [1.54, 1.807) is 0 Å². The number of ether oxygens (including phenoxy) is 1. The Morgan fingerprint density at radius 2 is 1.23 bits per heavy atom. The van der Waals surface area contributed by atoms with Crippen LogP contribution in [0.3, 0.4) is 0 Å². The van der Waals surface area contributed by atoms with Crippen molar-refractivity contribution in [2.75, 3.05) is 31.3 Å². The predicted octanol–water partition coefficient (Wildman–Crippen LogP) is 5.93. The fourth-order valence-electron chi connectivity index (χ4n) is 3.18. The van der Waals surface area contributed by atoms with Crippen LogP contribution in [-0.4, -0.2) is 42.5 Å². The van der Waals surface area contributed by atoms with Gasteiger partial charge in [0.2, 0.25) is 0 Å². The Labute approximate surface area is 168 Å². The maximum Gasteiger partial charge on any atom is 0.0896 e. The lowest BCUT2D eigenvalue weighted by Gasteiger charge is -2.14. The van der Waals surface area contributed by atoms with Crippen molar-refractivity contribution >= 4 is 11.8 Å². The van der Waals surface area contributed by atoms with Crippen LogP contribution in [0.1, 0.15) is 103 Å². The molecule has 1 unspecified atom stereocenters. The fraction of sp³-hybridized carbons (Fsp3) is 1.00. The first-order valence-electron chi connectivity index (χ1n) is 11.3. The highest BCUT2D eigenvalue weighted by atomic mass is 32.2. The SMILES string of the molecule is CCCCCCCCCCCCCCCCCSCC(CO)OCCN. The van der Waals surface area contributed by atoms with Crippen molar-refractivity contribution in [2.24, 2.45) is 5.73 Å². The molecule has 0 aromatic carbocycles. The van der Waals surface area contributed by atoms with Crippen LogP contribution >= 0.6 is 11.8 Å². The van der Waals surface area contributed by atoms with Crippen molar-refractivity contribution in [3.8, 4) is 0 Å². The van der Waals surface area contributed by atoms with Crippen molar-refractivity contribution in [2.45, 2.75) is 109 Å². The average Bonchev–Trinajstić information content (AvgIpc) is 2.66. The molecule has 0 aliphatic heterocycles. The second-order valence-electron chi connectivity index (χ2n) is 7.49. The Bertz CT molecular complexity index is 254. The number of aliphatic hydroxyl groups is 1. The summed E-state index contributed by atoms with van der Waals surface area (Å²) >= 11 is 1.90. The van der Waals surface area contributed by atoms with E-state index >= 15 is 0 Å². The lowest BCUT2D eigenvalue weighted by Crippen LogP contribution is -2.24. The minimum atomic E-state index is -0.0418. The molecule has 0 heterocycles. The van der Waals surface area contributed by atoms with Crippen LogP contribution in [0.2, 0.25) is 0 Å². The van der Waals surface area contributed by atoms with Gasteiger partial charge >= 0.3 is 0 Å². The topological polar surface area (TPSA) is 55.5 Å². The van der Waals surface area contributed by atoms with Crippen molar-refractivity contribution in [3.05, 3.63) is 0 Å². The molecule has 0 amide bonds. The first-order valence-corrected chi connectivity index (χ1v) is 12.5. The summed E-state index contributed by atoms with van der Waals surface area (Å²) in [6.45, 7) is 3.46. The molecule has 0 saturated carbocycles. The summed E-state index contributed by atoms with van der Waals surface area (Å²) in [5.74, 6) is 2.07. The average molecular weight is 390 g/mol. The number of hydrogen-bond acceptors (Lipinski definition) is 4. The third kappa shape index (κ3) is 20.5. The van der Waals surface area contributed by atoms with Crippen LogP contribution in [-0.2, 0) is 4.74 Å². The molecule has 0 fully saturated rings. The highest BCUT2D eigenvalue weighted by molar-refractivity contribution is 7.99. The number of unbranched alkanes of at least 4 members (excludes halogenated alkanes) is 14. The van der Waals surface area contributed by atoms with E-state index in [1.807, 2.05) is 11.8 Å². The molecular formula is C22H47NO2S. The highest BCUT2D eigenvalue weighted by Gasteiger charge is 2.06. The van der Waals surface area contributed by atoms with Gasteiger partial charge in [-0.1, -0.05) is 96.8 Å². The normalized spacial score (nSPS) is 12.6. The lowest BCUT2D eigenvalue weighted by atomic mass is 10.0. The highest BCUT2D eigenvalue weighted by Crippen LogP contribution is 2.14. The second kappa shape index (κ2) is 23.3. The third-order valence-corrected chi connectivity index (χ3v) is 6.06. The Hall–Kier alpha value is 0.230. The van der Waals surface area contributed by atoms with Gasteiger partial charge in [0, 0.05) is 12.3 Å². The largest absolute Gasteiger partial charge is 0.394 e. The van der Waals surface area contributed by atoms with E-state index in [1.165, 1.54) is 102 Å². The molecular weight excluding hydrogens is 342 g/mol. The third-order valence-electron chi connectivity index (χ3n) is 4.87. The van der Waals surface area contributed by atoms with Gasteiger partial charge in [0.1, 0.15) is 0 Å². The van der Waals surface area contributed by atoms with Crippen LogP contribution in [0.15, 0.2) is 0 Å². The van der Waals surface area contributed by atoms with Gasteiger partial charge in [0.15, 0.2) is 0 Å². The van der Waals surface area contributed by atoms with Crippen LogP contribution in [0.4, 0.5) is 0 Å². The Kier molecular flexibility index (Phi) is 23.5. The maximum absolute atomic E-state index is 9.21. The molecule has 26 heavy (non-hydrogen) atoms. The Morgan fingerprint density at radius 1 is 0.769 bits per heavy atom. The number of thioether (sulfide) groups is 1. The molecule has 0 aliphatic carbocycles. The summed E-state index contributed by atoms with van der Waals surface area (Å²) in [5, 5.41) is 9.21. The number of aliphatic hydroxyl groups excluding tert-OH is 1. The van der Waals surface area contributed by atoms with E-state index in [9.17, 15) is 5.11 Å². The summed E-state index contributed by atoms with van der Waals surface area (Å²) in [5.41, 5.74) is 5.41.